The zero-order valence-corrected chi connectivity index (χ0v) is 14.8. The number of nitrogens with zero attached hydrogens (tertiary/aromatic N) is 1. The van der Waals surface area contributed by atoms with Gasteiger partial charge in [0.2, 0.25) is 0 Å². The maximum atomic E-state index is 11.9. The predicted octanol–water partition coefficient (Wildman–Crippen LogP) is 2.95. The highest BCUT2D eigenvalue weighted by atomic mass is 32.2. The molecule has 0 saturated carbocycles. The van der Waals surface area contributed by atoms with Crippen molar-refractivity contribution < 1.29 is 13.7 Å². The van der Waals surface area contributed by atoms with Gasteiger partial charge in [-0.25, -0.2) is 9.00 Å². The lowest BCUT2D eigenvalue weighted by molar-refractivity contribution is 0.0236. The minimum atomic E-state index is -1.10. The quantitative estimate of drug-likeness (QED) is 0.852. The molecule has 21 heavy (non-hydrogen) atoms. The normalized spacial score (nSPS) is 18.2. The molecule has 0 aromatic rings. The van der Waals surface area contributed by atoms with Crippen LogP contribution >= 0.6 is 0 Å². The van der Waals surface area contributed by atoms with Crippen LogP contribution < -0.4 is 4.72 Å². The van der Waals surface area contributed by atoms with Gasteiger partial charge in [0.15, 0.2) is 0 Å². The van der Waals surface area contributed by atoms with E-state index in [4.69, 9.17) is 4.74 Å². The van der Waals surface area contributed by atoms with Gasteiger partial charge < -0.3 is 14.4 Å². The first-order chi connectivity index (χ1) is 9.49. The monoisotopic (exact) mass is 316 g/mol. The van der Waals surface area contributed by atoms with Crippen LogP contribution in [-0.4, -0.2) is 38.6 Å². The van der Waals surface area contributed by atoms with Crippen molar-refractivity contribution in [1.82, 2.24) is 9.62 Å². The molecule has 0 spiro atoms. The lowest BCUT2D eigenvalue weighted by atomic mass is 10.1. The average molecular weight is 316 g/mol. The Morgan fingerprint density at radius 3 is 2.14 bits per heavy atom. The summed E-state index contributed by atoms with van der Waals surface area (Å²) < 4.78 is 19.9. The number of piperidine rings is 1. The Morgan fingerprint density at radius 2 is 1.71 bits per heavy atom. The molecule has 0 aromatic heterocycles. The Kier molecular flexibility index (Phi) is 5.84. The summed E-state index contributed by atoms with van der Waals surface area (Å²) in [6, 6.07) is 0. The maximum absolute atomic E-state index is 11.9. The molecule has 0 bridgehead atoms. The van der Waals surface area contributed by atoms with E-state index in [9.17, 15) is 9.00 Å². The Morgan fingerprint density at radius 1 is 1.19 bits per heavy atom. The first kappa shape index (κ1) is 18.0. The van der Waals surface area contributed by atoms with Crippen LogP contribution in [-0.2, 0) is 15.7 Å². The number of carbonyl (C=O) groups excluding carboxylic acids is 1. The second-order valence-corrected chi connectivity index (χ2v) is 9.27. The largest absolute Gasteiger partial charge is 0.444 e. The number of rotatable bonds is 2. The standard InChI is InChI=1S/C15H28N2O3S/c1-14(2,3)20-13(18)17-9-7-12(8-10-17)11-16-21(19)15(4,5)6/h11,16H,7-10H2,1-6H3/t21-/m0/s1. The van der Waals surface area contributed by atoms with Crippen LogP contribution in [0.1, 0.15) is 54.4 Å². The van der Waals surface area contributed by atoms with Crippen LogP contribution in [0.25, 0.3) is 0 Å². The van der Waals surface area contributed by atoms with E-state index in [0.29, 0.717) is 13.1 Å². The molecule has 6 heteroatoms. The van der Waals surface area contributed by atoms with E-state index in [2.05, 4.69) is 4.72 Å². The molecular formula is C15H28N2O3S. The molecule has 0 aromatic carbocycles. The van der Waals surface area contributed by atoms with Crippen LogP contribution in [0.3, 0.4) is 0 Å². The van der Waals surface area contributed by atoms with E-state index < -0.39 is 16.6 Å². The van der Waals surface area contributed by atoms with Crippen molar-refractivity contribution in [2.75, 3.05) is 13.1 Å². The Hall–Kier alpha value is -1.04. The van der Waals surface area contributed by atoms with E-state index >= 15 is 0 Å². The number of amides is 1. The third-order valence-corrected chi connectivity index (χ3v) is 4.43. The third kappa shape index (κ3) is 6.50. The van der Waals surface area contributed by atoms with Gasteiger partial charge in [-0.15, -0.1) is 0 Å². The van der Waals surface area contributed by atoms with Gasteiger partial charge in [0.05, 0.1) is 4.75 Å². The van der Waals surface area contributed by atoms with Gasteiger partial charge in [0.25, 0.3) is 0 Å². The summed E-state index contributed by atoms with van der Waals surface area (Å²) in [6.07, 6.45) is 3.15. The van der Waals surface area contributed by atoms with E-state index in [1.165, 1.54) is 5.57 Å². The maximum Gasteiger partial charge on any atom is 0.410 e. The fourth-order valence-electron chi connectivity index (χ4n) is 1.76. The Labute approximate surface area is 130 Å². The average Bonchev–Trinajstić information content (AvgIpc) is 2.33. The number of nitrogens with one attached hydrogen (secondary N) is 1. The molecule has 1 rings (SSSR count). The number of ether oxygens (including phenoxy) is 1. The van der Waals surface area contributed by atoms with Crippen molar-refractivity contribution in [3.8, 4) is 0 Å². The summed E-state index contributed by atoms with van der Waals surface area (Å²) in [4.78, 5) is 13.7. The highest BCUT2D eigenvalue weighted by molar-refractivity contribution is 7.84. The van der Waals surface area contributed by atoms with Crippen LogP contribution in [0.5, 0.6) is 0 Å². The van der Waals surface area contributed by atoms with Gasteiger partial charge >= 0.3 is 6.09 Å². The molecule has 1 N–H and O–H groups in total. The topological polar surface area (TPSA) is 58.6 Å². The van der Waals surface area contributed by atoms with Crippen LogP contribution in [0.2, 0.25) is 0 Å². The van der Waals surface area contributed by atoms with Crippen LogP contribution in [0.4, 0.5) is 4.79 Å². The summed E-state index contributed by atoms with van der Waals surface area (Å²) >= 11 is 0. The van der Waals surface area contributed by atoms with E-state index in [1.807, 2.05) is 47.7 Å². The molecule has 1 aliphatic rings. The lowest BCUT2D eigenvalue weighted by Gasteiger charge is -2.31. The van der Waals surface area contributed by atoms with Crippen molar-refractivity contribution in [2.45, 2.75) is 64.7 Å². The Balaban J connectivity index is 2.45. The molecule has 0 unspecified atom stereocenters. The van der Waals surface area contributed by atoms with Gasteiger partial charge in [0, 0.05) is 19.3 Å². The van der Waals surface area contributed by atoms with Gasteiger partial charge in [-0.05, 0) is 54.4 Å². The van der Waals surface area contributed by atoms with Crippen molar-refractivity contribution in [3.05, 3.63) is 11.8 Å². The third-order valence-electron chi connectivity index (χ3n) is 2.98. The van der Waals surface area contributed by atoms with Crippen LogP contribution in [0, 0.1) is 0 Å². The molecule has 1 saturated heterocycles. The minimum Gasteiger partial charge on any atom is -0.444 e. The number of hydrogen-bond acceptors (Lipinski definition) is 3. The molecule has 1 atom stereocenters. The van der Waals surface area contributed by atoms with Crippen molar-refractivity contribution in [2.24, 2.45) is 0 Å². The molecule has 1 fully saturated rings. The fourth-order valence-corrected chi connectivity index (χ4v) is 2.39. The molecule has 1 heterocycles. The highest BCUT2D eigenvalue weighted by Gasteiger charge is 2.25. The summed E-state index contributed by atoms with van der Waals surface area (Å²) in [7, 11) is -1.10. The minimum absolute atomic E-state index is 0.257. The summed E-state index contributed by atoms with van der Waals surface area (Å²) in [5.74, 6) is 0. The molecule has 5 nitrogen and oxygen atoms in total. The zero-order chi connectivity index (χ0) is 16.3. The van der Waals surface area contributed by atoms with Gasteiger partial charge in [0.1, 0.15) is 16.6 Å². The second-order valence-electron chi connectivity index (χ2n) is 7.27. The molecule has 0 aliphatic carbocycles. The number of hydrogen-bond donors (Lipinski definition) is 1. The molecular weight excluding hydrogens is 288 g/mol. The van der Waals surface area contributed by atoms with E-state index in [1.54, 1.807) is 4.90 Å². The highest BCUT2D eigenvalue weighted by Crippen LogP contribution is 2.19. The number of likely N-dealkylation sites (tertiary alicyclic amines) is 1. The van der Waals surface area contributed by atoms with Crippen molar-refractivity contribution >= 4 is 17.1 Å². The smallest absolute Gasteiger partial charge is 0.410 e. The number of carbonyl (C=O) groups is 1. The van der Waals surface area contributed by atoms with Gasteiger partial charge in [-0.3, -0.25) is 0 Å². The lowest BCUT2D eigenvalue weighted by Crippen LogP contribution is -2.40. The SMILES string of the molecule is CC(C)(C)OC(=O)N1CCC(=CN[S@@](=O)C(C)(C)C)CC1. The van der Waals surface area contributed by atoms with Crippen molar-refractivity contribution in [1.29, 1.82) is 0 Å². The van der Waals surface area contributed by atoms with Crippen LogP contribution in [0.15, 0.2) is 11.8 Å². The summed E-state index contributed by atoms with van der Waals surface area (Å²) in [5.41, 5.74) is 0.727. The Bertz CT molecular complexity index is 423. The molecule has 1 amide bonds. The first-order valence-electron chi connectivity index (χ1n) is 7.33. The molecule has 1 aliphatic heterocycles. The van der Waals surface area contributed by atoms with Gasteiger partial charge in [-0.1, -0.05) is 5.57 Å². The van der Waals surface area contributed by atoms with Crippen molar-refractivity contribution in [3.63, 3.8) is 0 Å². The predicted molar refractivity (Wildman–Crippen MR) is 86.2 cm³/mol. The fraction of sp³-hybridized carbons (Fsp3) is 0.800. The first-order valence-corrected chi connectivity index (χ1v) is 8.48. The van der Waals surface area contributed by atoms with Gasteiger partial charge in [-0.2, -0.15) is 0 Å². The van der Waals surface area contributed by atoms with E-state index in [-0.39, 0.29) is 10.8 Å². The summed E-state index contributed by atoms with van der Waals surface area (Å²) in [5, 5.41) is 0. The molecule has 0 radical (unpaired) electrons. The zero-order valence-electron chi connectivity index (χ0n) is 14.0. The summed E-state index contributed by atoms with van der Waals surface area (Å²) in [6.45, 7) is 12.7. The second kappa shape index (κ2) is 6.81. The van der Waals surface area contributed by atoms with E-state index in [0.717, 1.165) is 12.8 Å². The molecule has 122 valence electrons.